The maximum atomic E-state index is 5.39. The normalized spacial score (nSPS) is 18.3. The Balaban J connectivity index is 2.31. The molecule has 0 bridgehead atoms. The van der Waals surface area contributed by atoms with Crippen molar-refractivity contribution in [2.45, 2.75) is 25.1 Å². The van der Waals surface area contributed by atoms with E-state index in [9.17, 15) is 0 Å². The molecule has 100 valence electrons. The van der Waals surface area contributed by atoms with Crippen LogP contribution in [-0.2, 0) is 6.42 Å². The molecule has 0 aromatic heterocycles. The van der Waals surface area contributed by atoms with Crippen LogP contribution in [0.3, 0.4) is 0 Å². The molecule has 0 amide bonds. The third-order valence-corrected chi connectivity index (χ3v) is 4.54. The van der Waals surface area contributed by atoms with Crippen molar-refractivity contribution >= 4 is 11.8 Å². The molecule has 0 saturated carbocycles. The van der Waals surface area contributed by atoms with Crippen molar-refractivity contribution in [3.05, 3.63) is 23.3 Å². The third-order valence-electron chi connectivity index (χ3n) is 3.14. The first-order valence-corrected chi connectivity index (χ1v) is 7.44. The number of hydrogen-bond acceptors (Lipinski definition) is 4. The van der Waals surface area contributed by atoms with Gasteiger partial charge in [0.15, 0.2) is 11.5 Å². The molecule has 2 rings (SSSR count). The number of fused-ring (bicyclic) bond motifs is 1. The second kappa shape index (κ2) is 6.34. The quantitative estimate of drug-likeness (QED) is 0.888. The first-order valence-electron chi connectivity index (χ1n) is 6.40. The lowest BCUT2D eigenvalue weighted by atomic mass is 10.00. The van der Waals surface area contributed by atoms with Gasteiger partial charge in [-0.2, -0.15) is 0 Å². The van der Waals surface area contributed by atoms with Crippen LogP contribution in [0.4, 0.5) is 0 Å². The molecular formula is C14H21NO2S. The highest BCUT2D eigenvalue weighted by Gasteiger charge is 2.22. The molecule has 0 spiro atoms. The van der Waals surface area contributed by atoms with Crippen LogP contribution in [-0.4, -0.2) is 26.5 Å². The zero-order chi connectivity index (χ0) is 13.0. The molecule has 0 aliphatic carbocycles. The first-order chi connectivity index (χ1) is 8.80. The van der Waals surface area contributed by atoms with Crippen LogP contribution in [0.5, 0.6) is 11.5 Å². The van der Waals surface area contributed by atoms with E-state index in [1.54, 1.807) is 14.2 Å². The number of hydrogen-bond donors (Lipinski definition) is 1. The summed E-state index contributed by atoms with van der Waals surface area (Å²) in [6, 6.07) is 4.24. The minimum atomic E-state index is 0.383. The zero-order valence-electron chi connectivity index (χ0n) is 11.3. The van der Waals surface area contributed by atoms with Crippen molar-refractivity contribution < 1.29 is 9.47 Å². The van der Waals surface area contributed by atoms with Crippen molar-refractivity contribution in [2.24, 2.45) is 0 Å². The molecule has 0 saturated heterocycles. The van der Waals surface area contributed by atoms with Gasteiger partial charge >= 0.3 is 0 Å². The van der Waals surface area contributed by atoms with E-state index >= 15 is 0 Å². The minimum absolute atomic E-state index is 0.383. The van der Waals surface area contributed by atoms with Crippen LogP contribution < -0.4 is 14.8 Å². The van der Waals surface area contributed by atoms with Crippen LogP contribution in [0.1, 0.15) is 29.8 Å². The average Bonchev–Trinajstić information content (AvgIpc) is 2.43. The van der Waals surface area contributed by atoms with Crippen LogP contribution in [0, 0.1) is 0 Å². The van der Waals surface area contributed by atoms with Gasteiger partial charge in [0, 0.05) is 6.54 Å². The van der Waals surface area contributed by atoms with E-state index in [4.69, 9.17) is 9.47 Å². The molecule has 1 unspecified atom stereocenters. The van der Waals surface area contributed by atoms with E-state index in [0.29, 0.717) is 5.37 Å². The van der Waals surface area contributed by atoms with Gasteiger partial charge in [0.05, 0.1) is 19.6 Å². The Morgan fingerprint density at radius 1 is 1.28 bits per heavy atom. The van der Waals surface area contributed by atoms with Crippen LogP contribution in [0.25, 0.3) is 0 Å². The molecule has 18 heavy (non-hydrogen) atoms. The lowest BCUT2D eigenvalue weighted by molar-refractivity contribution is 0.353. The molecule has 1 aromatic carbocycles. The first kappa shape index (κ1) is 13.6. The summed E-state index contributed by atoms with van der Waals surface area (Å²) in [6.07, 6.45) is 2.25. The van der Waals surface area contributed by atoms with Gasteiger partial charge in [0.2, 0.25) is 0 Å². The topological polar surface area (TPSA) is 30.5 Å². The summed E-state index contributed by atoms with van der Waals surface area (Å²) < 4.78 is 10.8. The summed E-state index contributed by atoms with van der Waals surface area (Å²) in [4.78, 5) is 0. The molecule has 1 heterocycles. The van der Waals surface area contributed by atoms with Gasteiger partial charge in [-0.05, 0) is 41.9 Å². The summed E-state index contributed by atoms with van der Waals surface area (Å²) in [5.74, 6) is 2.82. The number of rotatable bonds is 5. The Labute approximate surface area is 113 Å². The maximum Gasteiger partial charge on any atom is 0.161 e. The predicted octanol–water partition coefficient (Wildman–Crippen LogP) is 2.99. The van der Waals surface area contributed by atoms with E-state index in [-0.39, 0.29) is 0 Å². The maximum absolute atomic E-state index is 5.39. The van der Waals surface area contributed by atoms with E-state index in [0.717, 1.165) is 24.5 Å². The monoisotopic (exact) mass is 267 g/mol. The van der Waals surface area contributed by atoms with Crippen molar-refractivity contribution in [3.8, 4) is 11.5 Å². The Morgan fingerprint density at radius 2 is 2.00 bits per heavy atom. The minimum Gasteiger partial charge on any atom is -0.493 e. The molecule has 4 heteroatoms. The largest absolute Gasteiger partial charge is 0.493 e. The Hall–Kier alpha value is -0.870. The van der Waals surface area contributed by atoms with Gasteiger partial charge in [-0.15, -0.1) is 11.8 Å². The molecule has 1 aliphatic rings. The highest BCUT2D eigenvalue weighted by molar-refractivity contribution is 7.99. The summed E-state index contributed by atoms with van der Waals surface area (Å²) in [5.41, 5.74) is 2.72. The Bertz CT molecular complexity index is 409. The Morgan fingerprint density at radius 3 is 2.67 bits per heavy atom. The van der Waals surface area contributed by atoms with Gasteiger partial charge < -0.3 is 14.8 Å². The fourth-order valence-electron chi connectivity index (χ4n) is 2.23. The molecule has 0 radical (unpaired) electrons. The summed E-state index contributed by atoms with van der Waals surface area (Å²) >= 11 is 1.97. The number of thioether (sulfide) groups is 1. The van der Waals surface area contributed by atoms with E-state index in [1.807, 2.05) is 11.8 Å². The SMILES string of the molecule is CCCSC1NCCc2cc(OC)c(OC)cc21. The highest BCUT2D eigenvalue weighted by Crippen LogP contribution is 2.38. The van der Waals surface area contributed by atoms with Gasteiger partial charge in [-0.25, -0.2) is 0 Å². The van der Waals surface area contributed by atoms with Crippen molar-refractivity contribution in [2.75, 3.05) is 26.5 Å². The summed E-state index contributed by atoms with van der Waals surface area (Å²) in [7, 11) is 3.38. The molecule has 0 fully saturated rings. The van der Waals surface area contributed by atoms with E-state index in [1.165, 1.54) is 23.3 Å². The molecule has 1 atom stereocenters. The average molecular weight is 267 g/mol. The van der Waals surface area contributed by atoms with Crippen LogP contribution in [0.15, 0.2) is 12.1 Å². The number of benzene rings is 1. The standard InChI is InChI=1S/C14H21NO2S/c1-4-7-18-14-11-9-13(17-3)12(16-2)8-10(11)5-6-15-14/h8-9,14-15H,4-7H2,1-3H3. The molecule has 1 aliphatic heterocycles. The van der Waals surface area contributed by atoms with Gasteiger partial charge in [0.25, 0.3) is 0 Å². The Kier molecular flexibility index (Phi) is 4.78. The van der Waals surface area contributed by atoms with Gasteiger partial charge in [0.1, 0.15) is 0 Å². The molecule has 1 aromatic rings. The number of methoxy groups -OCH3 is 2. The van der Waals surface area contributed by atoms with E-state index in [2.05, 4.69) is 24.4 Å². The lowest BCUT2D eigenvalue weighted by Gasteiger charge is -2.27. The fourth-order valence-corrected chi connectivity index (χ4v) is 3.34. The second-order valence-electron chi connectivity index (χ2n) is 4.36. The third kappa shape index (κ3) is 2.75. The van der Waals surface area contributed by atoms with Crippen LogP contribution >= 0.6 is 11.8 Å². The second-order valence-corrected chi connectivity index (χ2v) is 5.57. The van der Waals surface area contributed by atoms with Crippen molar-refractivity contribution in [1.82, 2.24) is 5.32 Å². The summed E-state index contributed by atoms with van der Waals surface area (Å²) in [5, 5.41) is 3.95. The van der Waals surface area contributed by atoms with Crippen LogP contribution in [0.2, 0.25) is 0 Å². The highest BCUT2D eigenvalue weighted by atomic mass is 32.2. The smallest absolute Gasteiger partial charge is 0.161 e. The number of nitrogens with one attached hydrogen (secondary N) is 1. The van der Waals surface area contributed by atoms with Gasteiger partial charge in [-0.1, -0.05) is 6.92 Å². The molecule has 1 N–H and O–H groups in total. The van der Waals surface area contributed by atoms with Gasteiger partial charge in [-0.3, -0.25) is 0 Å². The van der Waals surface area contributed by atoms with Crippen molar-refractivity contribution in [3.63, 3.8) is 0 Å². The predicted molar refractivity (Wildman–Crippen MR) is 76.7 cm³/mol. The fraction of sp³-hybridized carbons (Fsp3) is 0.571. The molecule has 3 nitrogen and oxygen atoms in total. The van der Waals surface area contributed by atoms with Crippen molar-refractivity contribution in [1.29, 1.82) is 0 Å². The zero-order valence-corrected chi connectivity index (χ0v) is 12.1. The summed E-state index contributed by atoms with van der Waals surface area (Å²) in [6.45, 7) is 3.25. The van der Waals surface area contributed by atoms with E-state index < -0.39 is 0 Å². The lowest BCUT2D eigenvalue weighted by Crippen LogP contribution is -2.28. The number of ether oxygens (including phenoxy) is 2. The molecular weight excluding hydrogens is 246 g/mol.